The van der Waals surface area contributed by atoms with Gasteiger partial charge in [-0.05, 0) is 19.1 Å². The summed E-state index contributed by atoms with van der Waals surface area (Å²) in [5.74, 6) is 0.154. The standard InChI is InChI=1S/C20H20N2O2/c1-3-9-20(23)24-18(15-10-5-4-6-11-15)14-19-21-16-12-7-8-13-17(16)22(19)2/h3-14,19,21H,1-2H3/b9-3+,18-14-. The lowest BCUT2D eigenvalue weighted by Gasteiger charge is -2.20. The second-order valence-corrected chi connectivity index (χ2v) is 5.54. The number of anilines is 2. The predicted octanol–water partition coefficient (Wildman–Crippen LogP) is 4.03. The highest BCUT2D eigenvalue weighted by molar-refractivity contribution is 5.87. The molecule has 1 N–H and O–H groups in total. The Kier molecular flexibility index (Phi) is 4.66. The van der Waals surface area contributed by atoms with Crippen LogP contribution < -0.4 is 10.2 Å². The van der Waals surface area contributed by atoms with Crippen molar-refractivity contribution < 1.29 is 9.53 Å². The van der Waals surface area contributed by atoms with Gasteiger partial charge in [-0.3, -0.25) is 0 Å². The molecule has 1 aliphatic rings. The monoisotopic (exact) mass is 320 g/mol. The number of carbonyl (C=O) groups is 1. The third-order valence-corrected chi connectivity index (χ3v) is 3.89. The van der Waals surface area contributed by atoms with Crippen LogP contribution in [0.15, 0.2) is 72.8 Å². The van der Waals surface area contributed by atoms with Gasteiger partial charge >= 0.3 is 5.97 Å². The molecule has 0 spiro atoms. The number of fused-ring (bicyclic) bond motifs is 1. The van der Waals surface area contributed by atoms with Gasteiger partial charge in [0.15, 0.2) is 0 Å². The zero-order chi connectivity index (χ0) is 16.9. The molecule has 0 aliphatic carbocycles. The summed E-state index contributed by atoms with van der Waals surface area (Å²) < 4.78 is 5.55. The number of rotatable bonds is 4. The first-order chi connectivity index (χ1) is 11.7. The molecule has 0 aromatic heterocycles. The normalized spacial score (nSPS) is 16.8. The highest BCUT2D eigenvalue weighted by Crippen LogP contribution is 2.34. The molecule has 122 valence electrons. The Morgan fingerprint density at radius 3 is 2.54 bits per heavy atom. The summed E-state index contributed by atoms with van der Waals surface area (Å²) in [5.41, 5.74) is 3.04. The Morgan fingerprint density at radius 1 is 1.12 bits per heavy atom. The third-order valence-electron chi connectivity index (χ3n) is 3.89. The number of ether oxygens (including phenoxy) is 1. The van der Waals surface area contributed by atoms with Gasteiger partial charge in [-0.2, -0.15) is 0 Å². The average molecular weight is 320 g/mol. The van der Waals surface area contributed by atoms with E-state index in [1.165, 1.54) is 6.08 Å². The van der Waals surface area contributed by atoms with Crippen LogP contribution in [0.1, 0.15) is 12.5 Å². The van der Waals surface area contributed by atoms with Gasteiger partial charge in [0.1, 0.15) is 11.9 Å². The minimum absolute atomic E-state index is 0.0870. The van der Waals surface area contributed by atoms with Gasteiger partial charge in [0.05, 0.1) is 11.4 Å². The number of nitrogens with zero attached hydrogens (tertiary/aromatic N) is 1. The predicted molar refractivity (Wildman–Crippen MR) is 97.6 cm³/mol. The zero-order valence-electron chi connectivity index (χ0n) is 13.8. The van der Waals surface area contributed by atoms with Crippen LogP contribution in [-0.4, -0.2) is 19.2 Å². The highest BCUT2D eigenvalue weighted by Gasteiger charge is 2.24. The maximum Gasteiger partial charge on any atom is 0.335 e. The van der Waals surface area contributed by atoms with Crippen molar-refractivity contribution in [1.29, 1.82) is 0 Å². The molecular weight excluding hydrogens is 300 g/mol. The van der Waals surface area contributed by atoms with Gasteiger partial charge in [-0.1, -0.05) is 48.5 Å². The number of esters is 1. The van der Waals surface area contributed by atoms with Crippen LogP contribution in [0.3, 0.4) is 0 Å². The molecule has 1 heterocycles. The molecule has 0 saturated carbocycles. The second-order valence-electron chi connectivity index (χ2n) is 5.54. The van der Waals surface area contributed by atoms with E-state index in [4.69, 9.17) is 4.74 Å². The topological polar surface area (TPSA) is 41.6 Å². The van der Waals surface area contributed by atoms with Crippen LogP contribution in [-0.2, 0) is 9.53 Å². The summed E-state index contributed by atoms with van der Waals surface area (Å²) in [6.45, 7) is 1.79. The van der Waals surface area contributed by atoms with E-state index < -0.39 is 0 Å². The number of allylic oxidation sites excluding steroid dienone is 1. The number of hydrogen-bond donors (Lipinski definition) is 1. The summed E-state index contributed by atoms with van der Waals surface area (Å²) in [7, 11) is 2.01. The summed E-state index contributed by atoms with van der Waals surface area (Å²) in [4.78, 5) is 14.0. The number of para-hydroxylation sites is 2. The number of nitrogens with one attached hydrogen (secondary N) is 1. The quantitative estimate of drug-likeness (QED) is 0.524. The molecule has 0 fully saturated rings. The van der Waals surface area contributed by atoms with Gasteiger partial charge in [-0.15, -0.1) is 0 Å². The Bertz CT molecular complexity index is 781. The number of likely N-dealkylation sites (N-methyl/N-ethyl adjacent to an activating group) is 1. The van der Waals surface area contributed by atoms with Crippen LogP contribution in [0.25, 0.3) is 5.76 Å². The molecule has 2 aromatic rings. The minimum Gasteiger partial charge on any atom is -0.423 e. The lowest BCUT2D eigenvalue weighted by atomic mass is 10.1. The molecule has 4 nitrogen and oxygen atoms in total. The van der Waals surface area contributed by atoms with Crippen molar-refractivity contribution in [3.63, 3.8) is 0 Å². The lowest BCUT2D eigenvalue weighted by Crippen LogP contribution is -2.30. The molecule has 0 saturated heterocycles. The second kappa shape index (κ2) is 7.04. The summed E-state index contributed by atoms with van der Waals surface area (Å²) in [5, 5.41) is 3.43. The lowest BCUT2D eigenvalue weighted by molar-refractivity contribution is -0.131. The fraction of sp³-hybridized carbons (Fsp3) is 0.150. The third kappa shape index (κ3) is 3.33. The highest BCUT2D eigenvalue weighted by atomic mass is 16.5. The fourth-order valence-corrected chi connectivity index (χ4v) is 2.68. The first-order valence-corrected chi connectivity index (χ1v) is 7.89. The molecule has 0 bridgehead atoms. The number of carbonyl (C=O) groups excluding carboxylic acids is 1. The number of hydrogen-bond acceptors (Lipinski definition) is 4. The minimum atomic E-state index is -0.384. The van der Waals surface area contributed by atoms with Gasteiger partial charge < -0.3 is 15.0 Å². The van der Waals surface area contributed by atoms with Crippen LogP contribution in [0, 0.1) is 0 Å². The van der Waals surface area contributed by atoms with Crippen LogP contribution >= 0.6 is 0 Å². The zero-order valence-corrected chi connectivity index (χ0v) is 13.8. The Labute approximate surface area is 142 Å². The molecule has 1 unspecified atom stereocenters. The Morgan fingerprint density at radius 2 is 1.83 bits per heavy atom. The fourth-order valence-electron chi connectivity index (χ4n) is 2.68. The Balaban J connectivity index is 1.91. The molecule has 24 heavy (non-hydrogen) atoms. The molecule has 2 aromatic carbocycles. The molecular formula is C20H20N2O2. The molecule has 4 heteroatoms. The molecule has 1 aliphatic heterocycles. The smallest absolute Gasteiger partial charge is 0.335 e. The largest absolute Gasteiger partial charge is 0.423 e. The van der Waals surface area contributed by atoms with Crippen LogP contribution in [0.4, 0.5) is 11.4 Å². The van der Waals surface area contributed by atoms with E-state index in [9.17, 15) is 4.79 Å². The first kappa shape index (κ1) is 15.9. The first-order valence-electron chi connectivity index (χ1n) is 7.89. The van der Waals surface area contributed by atoms with Crippen molar-refractivity contribution in [3.05, 3.63) is 78.4 Å². The van der Waals surface area contributed by atoms with E-state index in [1.807, 2.05) is 61.7 Å². The summed E-state index contributed by atoms with van der Waals surface area (Å²) >= 11 is 0. The van der Waals surface area contributed by atoms with Gasteiger partial charge in [0, 0.05) is 24.8 Å². The van der Waals surface area contributed by atoms with Crippen LogP contribution in [0.2, 0.25) is 0 Å². The van der Waals surface area contributed by atoms with Crippen molar-refractivity contribution in [1.82, 2.24) is 0 Å². The van der Waals surface area contributed by atoms with E-state index in [-0.39, 0.29) is 12.1 Å². The van der Waals surface area contributed by atoms with Gasteiger partial charge in [0.25, 0.3) is 0 Å². The van der Waals surface area contributed by atoms with E-state index in [2.05, 4.69) is 16.3 Å². The molecule has 3 rings (SSSR count). The molecule has 0 radical (unpaired) electrons. The van der Waals surface area contributed by atoms with Crippen molar-refractivity contribution >= 4 is 23.1 Å². The van der Waals surface area contributed by atoms with Crippen LogP contribution in [0.5, 0.6) is 0 Å². The Hall–Kier alpha value is -3.01. The van der Waals surface area contributed by atoms with Crippen molar-refractivity contribution in [2.45, 2.75) is 13.1 Å². The summed E-state index contributed by atoms with van der Waals surface area (Å²) in [6, 6.07) is 17.7. The van der Waals surface area contributed by atoms with Crippen molar-refractivity contribution in [3.8, 4) is 0 Å². The summed E-state index contributed by atoms with van der Waals surface area (Å²) in [6.07, 6.45) is 4.92. The van der Waals surface area contributed by atoms with E-state index in [1.54, 1.807) is 13.0 Å². The maximum atomic E-state index is 11.9. The average Bonchev–Trinajstić information content (AvgIpc) is 2.92. The van der Waals surface area contributed by atoms with E-state index in [0.29, 0.717) is 5.76 Å². The maximum absolute atomic E-state index is 11.9. The SMILES string of the molecule is C/C=C/C(=O)O/C(=C\C1Nc2ccccc2N1C)c1ccccc1. The van der Waals surface area contributed by atoms with Crippen molar-refractivity contribution in [2.75, 3.05) is 17.3 Å². The van der Waals surface area contributed by atoms with Gasteiger partial charge in [-0.25, -0.2) is 4.79 Å². The molecule has 1 atom stereocenters. The number of benzene rings is 2. The molecule has 0 amide bonds. The van der Waals surface area contributed by atoms with Crippen molar-refractivity contribution in [2.24, 2.45) is 0 Å². The van der Waals surface area contributed by atoms with E-state index >= 15 is 0 Å². The van der Waals surface area contributed by atoms with E-state index in [0.717, 1.165) is 16.9 Å². The van der Waals surface area contributed by atoms with Gasteiger partial charge in [0.2, 0.25) is 0 Å².